The summed E-state index contributed by atoms with van der Waals surface area (Å²) >= 11 is 0. The van der Waals surface area contributed by atoms with Crippen molar-refractivity contribution in [2.24, 2.45) is 0 Å². The van der Waals surface area contributed by atoms with Gasteiger partial charge in [-0.25, -0.2) is 9.97 Å². The van der Waals surface area contributed by atoms with Gasteiger partial charge in [-0.05, 0) is 43.7 Å². The van der Waals surface area contributed by atoms with E-state index in [4.69, 9.17) is 14.7 Å². The number of nitrogens with zero attached hydrogens (tertiary/aromatic N) is 4. The van der Waals surface area contributed by atoms with E-state index in [-0.39, 0.29) is 24.5 Å². The highest BCUT2D eigenvalue weighted by Gasteiger charge is 2.27. The Morgan fingerprint density at radius 1 is 1.05 bits per heavy atom. The van der Waals surface area contributed by atoms with Crippen LogP contribution >= 0.6 is 0 Å². The summed E-state index contributed by atoms with van der Waals surface area (Å²) in [5.41, 5.74) is 5.33. The molecule has 0 aliphatic carbocycles. The maximum Gasteiger partial charge on any atom is 0.258 e. The predicted octanol–water partition coefficient (Wildman–Crippen LogP) is 4.04. The molecule has 0 fully saturated rings. The predicted molar refractivity (Wildman–Crippen MR) is 143 cm³/mol. The number of ether oxygens (including phenoxy) is 1. The van der Waals surface area contributed by atoms with Gasteiger partial charge in [0.05, 0.1) is 25.0 Å². The van der Waals surface area contributed by atoms with Crippen molar-refractivity contribution in [3.8, 4) is 28.3 Å². The number of carbonyl (C=O) groups excluding carboxylic acids is 2. The number of nitrogens with one attached hydrogen (secondary N) is 3. The Morgan fingerprint density at radius 2 is 1.87 bits per heavy atom. The van der Waals surface area contributed by atoms with Crippen LogP contribution in [0.25, 0.3) is 22.5 Å². The van der Waals surface area contributed by atoms with Crippen LogP contribution in [0.3, 0.4) is 0 Å². The van der Waals surface area contributed by atoms with E-state index in [0.29, 0.717) is 30.5 Å². The van der Waals surface area contributed by atoms with Gasteiger partial charge in [0.15, 0.2) is 12.4 Å². The van der Waals surface area contributed by atoms with Gasteiger partial charge in [-0.1, -0.05) is 24.3 Å². The van der Waals surface area contributed by atoms with Crippen molar-refractivity contribution in [3.05, 3.63) is 72.2 Å². The fourth-order valence-corrected chi connectivity index (χ4v) is 4.24. The Kier molecular flexibility index (Phi) is 7.03. The lowest BCUT2D eigenvalue weighted by Gasteiger charge is -2.14. The molecule has 1 aliphatic heterocycles. The zero-order valence-corrected chi connectivity index (χ0v) is 21.5. The molecule has 0 bridgehead atoms. The molecule has 3 N–H and O–H groups in total. The van der Waals surface area contributed by atoms with Crippen molar-refractivity contribution in [2.45, 2.75) is 39.9 Å². The molecule has 2 aromatic heterocycles. The summed E-state index contributed by atoms with van der Waals surface area (Å²) in [7, 11) is 0. The molecular weight excluding hydrogens is 482 g/mol. The number of anilines is 2. The Bertz CT molecular complexity index is 1450. The Hall–Kier alpha value is -4.73. The van der Waals surface area contributed by atoms with Crippen LogP contribution in [0.1, 0.15) is 32.0 Å². The molecule has 10 nitrogen and oxygen atoms in total. The maximum atomic E-state index is 12.1. The summed E-state index contributed by atoms with van der Waals surface area (Å²) in [5, 5.41) is 13.1. The monoisotopic (exact) mass is 511 g/mol. The standard InChI is InChI=1S/C28H29N7O3/c1-17(2)31-26(37)16-38-23-6-4-5-20(11-23)27-33-25-15-35(18(3)36)14-24(25)28(34-27)32-22-9-7-19(8-10-22)21-12-29-30-13-21/h4-13,17H,14-16H2,1-3H3,(H,29,30)(H,31,37)(H,32,33,34). The van der Waals surface area contributed by atoms with Crippen molar-refractivity contribution < 1.29 is 14.3 Å². The van der Waals surface area contributed by atoms with Crippen LogP contribution in [0.4, 0.5) is 11.5 Å². The largest absolute Gasteiger partial charge is 0.484 e. The van der Waals surface area contributed by atoms with Crippen LogP contribution in [0.5, 0.6) is 5.75 Å². The molecule has 0 spiro atoms. The smallest absolute Gasteiger partial charge is 0.258 e. The highest BCUT2D eigenvalue weighted by atomic mass is 16.5. The summed E-state index contributed by atoms with van der Waals surface area (Å²) in [6, 6.07) is 15.3. The maximum absolute atomic E-state index is 12.1. The molecule has 38 heavy (non-hydrogen) atoms. The Labute approximate surface area is 220 Å². The van der Waals surface area contributed by atoms with Gasteiger partial charge in [-0.2, -0.15) is 5.10 Å². The van der Waals surface area contributed by atoms with Crippen LogP contribution < -0.4 is 15.4 Å². The second kappa shape index (κ2) is 10.7. The number of benzene rings is 2. The topological polar surface area (TPSA) is 125 Å². The molecule has 4 aromatic rings. The van der Waals surface area contributed by atoms with Gasteiger partial charge in [-0.3, -0.25) is 14.7 Å². The number of fused-ring (bicyclic) bond motifs is 1. The SMILES string of the molecule is CC(=O)N1Cc2nc(-c3cccc(OCC(=O)NC(C)C)c3)nc(Nc3ccc(-c4cn[nH]c4)cc3)c2C1. The lowest BCUT2D eigenvalue weighted by atomic mass is 10.1. The molecule has 10 heteroatoms. The van der Waals surface area contributed by atoms with Gasteiger partial charge < -0.3 is 20.3 Å². The molecule has 194 valence electrons. The van der Waals surface area contributed by atoms with Crippen molar-refractivity contribution >= 4 is 23.3 Å². The Balaban J connectivity index is 1.42. The van der Waals surface area contributed by atoms with Crippen LogP contribution in [0.2, 0.25) is 0 Å². The van der Waals surface area contributed by atoms with E-state index in [0.717, 1.165) is 33.6 Å². The highest BCUT2D eigenvalue weighted by molar-refractivity contribution is 5.78. The van der Waals surface area contributed by atoms with E-state index < -0.39 is 0 Å². The molecule has 5 rings (SSSR count). The molecule has 2 amide bonds. The summed E-state index contributed by atoms with van der Waals surface area (Å²) in [6.45, 7) is 6.13. The summed E-state index contributed by atoms with van der Waals surface area (Å²) in [5.74, 6) is 1.49. The third-order valence-electron chi connectivity index (χ3n) is 6.12. The molecule has 0 atom stereocenters. The van der Waals surface area contributed by atoms with Gasteiger partial charge in [0.1, 0.15) is 11.6 Å². The molecule has 2 aromatic carbocycles. The second-order valence-corrected chi connectivity index (χ2v) is 9.42. The normalized spacial score (nSPS) is 12.4. The van der Waals surface area contributed by atoms with E-state index in [1.54, 1.807) is 24.1 Å². The van der Waals surface area contributed by atoms with Crippen LogP contribution in [-0.2, 0) is 22.7 Å². The first kappa shape index (κ1) is 24.9. The van der Waals surface area contributed by atoms with E-state index in [2.05, 4.69) is 20.8 Å². The fraction of sp³-hybridized carbons (Fsp3) is 0.250. The second-order valence-electron chi connectivity index (χ2n) is 9.42. The first-order valence-electron chi connectivity index (χ1n) is 12.4. The third-order valence-corrected chi connectivity index (χ3v) is 6.12. The van der Waals surface area contributed by atoms with Gasteiger partial charge in [0, 0.05) is 41.5 Å². The number of hydrogen-bond donors (Lipinski definition) is 3. The summed E-state index contributed by atoms with van der Waals surface area (Å²) in [6.07, 6.45) is 3.62. The fourth-order valence-electron chi connectivity index (χ4n) is 4.24. The zero-order valence-electron chi connectivity index (χ0n) is 21.5. The van der Waals surface area contributed by atoms with Crippen LogP contribution in [0, 0.1) is 0 Å². The minimum Gasteiger partial charge on any atom is -0.484 e. The summed E-state index contributed by atoms with van der Waals surface area (Å²) < 4.78 is 5.70. The van der Waals surface area contributed by atoms with Crippen molar-refractivity contribution in [1.29, 1.82) is 0 Å². The molecular formula is C28H29N7O3. The Morgan fingerprint density at radius 3 is 2.58 bits per heavy atom. The first-order chi connectivity index (χ1) is 18.4. The molecule has 0 unspecified atom stereocenters. The van der Waals surface area contributed by atoms with E-state index >= 15 is 0 Å². The van der Waals surface area contributed by atoms with Crippen molar-refractivity contribution in [1.82, 2.24) is 30.4 Å². The number of aromatic nitrogens is 4. The zero-order chi connectivity index (χ0) is 26.6. The molecule has 0 saturated heterocycles. The van der Waals surface area contributed by atoms with Gasteiger partial charge in [-0.15, -0.1) is 0 Å². The molecule has 0 radical (unpaired) electrons. The van der Waals surface area contributed by atoms with E-state index in [9.17, 15) is 9.59 Å². The number of rotatable bonds is 8. The average Bonchev–Trinajstić information content (AvgIpc) is 3.58. The number of hydrogen-bond acceptors (Lipinski definition) is 7. The summed E-state index contributed by atoms with van der Waals surface area (Å²) in [4.78, 5) is 35.5. The van der Waals surface area contributed by atoms with Gasteiger partial charge >= 0.3 is 0 Å². The first-order valence-corrected chi connectivity index (χ1v) is 12.4. The molecule has 1 aliphatic rings. The van der Waals surface area contributed by atoms with Gasteiger partial charge in [0.2, 0.25) is 5.91 Å². The molecule has 0 saturated carbocycles. The number of H-pyrrole nitrogens is 1. The molecule has 3 heterocycles. The van der Waals surface area contributed by atoms with Gasteiger partial charge in [0.25, 0.3) is 5.91 Å². The third kappa shape index (κ3) is 5.64. The number of carbonyl (C=O) groups is 2. The van der Waals surface area contributed by atoms with Crippen molar-refractivity contribution in [3.63, 3.8) is 0 Å². The van der Waals surface area contributed by atoms with Crippen molar-refractivity contribution in [2.75, 3.05) is 11.9 Å². The lowest BCUT2D eigenvalue weighted by Crippen LogP contribution is -2.34. The number of aromatic amines is 1. The lowest BCUT2D eigenvalue weighted by molar-refractivity contribution is -0.129. The van der Waals surface area contributed by atoms with Crippen LogP contribution in [-0.4, -0.2) is 49.5 Å². The van der Waals surface area contributed by atoms with E-state index in [1.807, 2.05) is 62.5 Å². The van der Waals surface area contributed by atoms with E-state index in [1.165, 1.54) is 0 Å². The minimum atomic E-state index is -0.186. The number of amides is 2. The quantitative estimate of drug-likeness (QED) is 0.326. The van der Waals surface area contributed by atoms with Crippen LogP contribution in [0.15, 0.2) is 60.9 Å². The average molecular weight is 512 g/mol. The minimum absolute atomic E-state index is 0.0185. The highest BCUT2D eigenvalue weighted by Crippen LogP contribution is 2.33.